The van der Waals surface area contributed by atoms with Crippen molar-refractivity contribution in [2.45, 2.75) is 38.4 Å². The minimum atomic E-state index is -0.200. The molecule has 3 aliphatic rings. The first kappa shape index (κ1) is 7.83. The Hall–Kier alpha value is -0.540. The van der Waals surface area contributed by atoms with Crippen molar-refractivity contribution in [3.8, 4) is 0 Å². The van der Waals surface area contributed by atoms with E-state index in [2.05, 4.69) is 20.4 Å². The van der Waals surface area contributed by atoms with E-state index in [1.807, 2.05) is 0 Å². The monoisotopic (exact) mass is 182 g/mol. The summed E-state index contributed by atoms with van der Waals surface area (Å²) in [7, 11) is 0. The molecule has 3 fully saturated rings. The molecule has 0 saturated carbocycles. The van der Waals surface area contributed by atoms with Gasteiger partial charge in [-0.2, -0.15) is 0 Å². The molecule has 0 spiro atoms. The van der Waals surface area contributed by atoms with Gasteiger partial charge in [-0.3, -0.25) is 0 Å². The van der Waals surface area contributed by atoms with Crippen LogP contribution >= 0.6 is 0 Å². The SMILES string of the molecule is C=C1OC2O[C@H]3[C@@H](C)[C@@H]1O[C@@H]2[C@H]3C. The highest BCUT2D eigenvalue weighted by molar-refractivity contribution is 5.10. The van der Waals surface area contributed by atoms with Gasteiger partial charge in [0, 0.05) is 11.8 Å². The summed E-state index contributed by atoms with van der Waals surface area (Å²) in [5.41, 5.74) is 0. The molecule has 3 heteroatoms. The van der Waals surface area contributed by atoms with Crippen LogP contribution in [0.25, 0.3) is 0 Å². The van der Waals surface area contributed by atoms with E-state index in [-0.39, 0.29) is 24.6 Å². The number of ether oxygens (including phenoxy) is 3. The van der Waals surface area contributed by atoms with E-state index in [9.17, 15) is 0 Å². The zero-order valence-electron chi connectivity index (χ0n) is 7.90. The number of hydrogen-bond acceptors (Lipinski definition) is 3. The molecule has 3 saturated heterocycles. The maximum absolute atomic E-state index is 5.86. The van der Waals surface area contributed by atoms with E-state index in [4.69, 9.17) is 14.2 Å². The molecule has 3 nitrogen and oxygen atoms in total. The fourth-order valence-electron chi connectivity index (χ4n) is 2.73. The van der Waals surface area contributed by atoms with Crippen molar-refractivity contribution >= 4 is 0 Å². The summed E-state index contributed by atoms with van der Waals surface area (Å²) in [6.45, 7) is 8.17. The molecule has 3 bridgehead atoms. The Morgan fingerprint density at radius 2 is 1.85 bits per heavy atom. The third-order valence-electron chi connectivity index (χ3n) is 3.48. The molecule has 3 rings (SSSR count). The molecule has 0 radical (unpaired) electrons. The summed E-state index contributed by atoms with van der Waals surface area (Å²) in [5, 5.41) is 0. The van der Waals surface area contributed by atoms with Gasteiger partial charge in [0.05, 0.1) is 6.10 Å². The van der Waals surface area contributed by atoms with Gasteiger partial charge in [0.1, 0.15) is 18.0 Å². The third-order valence-corrected chi connectivity index (χ3v) is 3.48. The van der Waals surface area contributed by atoms with E-state index in [0.29, 0.717) is 11.8 Å². The second kappa shape index (κ2) is 2.28. The van der Waals surface area contributed by atoms with Gasteiger partial charge in [-0.05, 0) is 0 Å². The Balaban J connectivity index is 2.02. The average Bonchev–Trinajstić information content (AvgIpc) is 2.25. The van der Waals surface area contributed by atoms with E-state index in [1.165, 1.54) is 0 Å². The third kappa shape index (κ3) is 0.816. The predicted octanol–water partition coefficient (Wildman–Crippen LogP) is 1.29. The first-order valence-corrected chi connectivity index (χ1v) is 4.85. The Kier molecular flexibility index (Phi) is 1.37. The number of hydrogen-bond donors (Lipinski definition) is 0. The van der Waals surface area contributed by atoms with Gasteiger partial charge in [-0.15, -0.1) is 0 Å². The number of fused-ring (bicyclic) bond motifs is 2. The van der Waals surface area contributed by atoms with Crippen molar-refractivity contribution in [3.63, 3.8) is 0 Å². The van der Waals surface area contributed by atoms with Crippen molar-refractivity contribution in [2.24, 2.45) is 11.8 Å². The molecule has 13 heavy (non-hydrogen) atoms. The summed E-state index contributed by atoms with van der Waals surface area (Å²) < 4.78 is 17.2. The molecule has 0 amide bonds. The summed E-state index contributed by atoms with van der Waals surface area (Å²) in [5.74, 6) is 1.55. The van der Waals surface area contributed by atoms with Crippen LogP contribution in [0.1, 0.15) is 13.8 Å². The van der Waals surface area contributed by atoms with Crippen LogP contribution in [0.2, 0.25) is 0 Å². The standard InChI is InChI=1S/C10H14O3/c1-4-7-5(2)9-10(13-7)11-6(3)8(4)12-9/h4-5,7-10H,3H2,1-2H3/t4-,5+,7+,8+,9-,10?/m1/s1. The van der Waals surface area contributed by atoms with Crippen molar-refractivity contribution in [3.05, 3.63) is 12.3 Å². The van der Waals surface area contributed by atoms with Gasteiger partial charge in [0.15, 0.2) is 0 Å². The van der Waals surface area contributed by atoms with Crippen LogP contribution in [0, 0.1) is 11.8 Å². The Morgan fingerprint density at radius 1 is 1.08 bits per heavy atom. The smallest absolute Gasteiger partial charge is 0.226 e. The van der Waals surface area contributed by atoms with Crippen LogP contribution in [0.15, 0.2) is 12.3 Å². The average molecular weight is 182 g/mol. The van der Waals surface area contributed by atoms with Gasteiger partial charge in [-0.25, -0.2) is 0 Å². The van der Waals surface area contributed by atoms with Crippen LogP contribution < -0.4 is 0 Å². The zero-order valence-corrected chi connectivity index (χ0v) is 7.90. The summed E-state index contributed by atoms with van der Waals surface area (Å²) in [6, 6.07) is 0. The van der Waals surface area contributed by atoms with Gasteiger partial charge in [-0.1, -0.05) is 20.4 Å². The molecule has 0 aromatic heterocycles. The van der Waals surface area contributed by atoms with Crippen LogP contribution in [-0.4, -0.2) is 24.6 Å². The predicted molar refractivity (Wildman–Crippen MR) is 45.9 cm³/mol. The van der Waals surface area contributed by atoms with Gasteiger partial charge in [0.25, 0.3) is 0 Å². The van der Waals surface area contributed by atoms with E-state index in [0.717, 1.165) is 5.76 Å². The lowest BCUT2D eigenvalue weighted by molar-refractivity contribution is -0.194. The Labute approximate surface area is 77.7 Å². The molecular formula is C10H14O3. The maximum Gasteiger partial charge on any atom is 0.226 e. The molecule has 0 N–H and O–H groups in total. The van der Waals surface area contributed by atoms with Crippen LogP contribution in [0.4, 0.5) is 0 Å². The van der Waals surface area contributed by atoms with Crippen LogP contribution in [0.3, 0.4) is 0 Å². The lowest BCUT2D eigenvalue weighted by Crippen LogP contribution is -2.49. The maximum atomic E-state index is 5.86. The summed E-state index contributed by atoms with van der Waals surface area (Å²) in [4.78, 5) is 0. The molecule has 3 heterocycles. The minimum absolute atomic E-state index is 0.0462. The first-order chi connectivity index (χ1) is 6.18. The van der Waals surface area contributed by atoms with E-state index >= 15 is 0 Å². The van der Waals surface area contributed by atoms with Crippen molar-refractivity contribution in [1.29, 1.82) is 0 Å². The highest BCUT2D eigenvalue weighted by Crippen LogP contribution is 2.47. The zero-order chi connectivity index (χ0) is 9.16. The fourth-order valence-corrected chi connectivity index (χ4v) is 2.73. The molecule has 1 unspecified atom stereocenters. The van der Waals surface area contributed by atoms with Gasteiger partial charge >= 0.3 is 0 Å². The summed E-state index contributed by atoms with van der Waals surface area (Å²) in [6.07, 6.45) is 0.253. The molecule has 0 aromatic carbocycles. The minimum Gasteiger partial charge on any atom is -0.464 e. The highest BCUT2D eigenvalue weighted by atomic mass is 16.7. The van der Waals surface area contributed by atoms with E-state index < -0.39 is 0 Å². The Bertz CT molecular complexity index is 263. The molecular weight excluding hydrogens is 168 g/mol. The largest absolute Gasteiger partial charge is 0.464 e. The van der Waals surface area contributed by atoms with Gasteiger partial charge in [0.2, 0.25) is 6.29 Å². The van der Waals surface area contributed by atoms with Crippen molar-refractivity contribution in [2.75, 3.05) is 0 Å². The fraction of sp³-hybridized carbons (Fsp3) is 0.800. The van der Waals surface area contributed by atoms with E-state index in [1.54, 1.807) is 0 Å². The quantitative estimate of drug-likeness (QED) is 0.565. The lowest BCUT2D eigenvalue weighted by Gasteiger charge is -2.40. The topological polar surface area (TPSA) is 27.7 Å². The second-order valence-electron chi connectivity index (χ2n) is 4.29. The number of rotatable bonds is 0. The summed E-state index contributed by atoms with van der Waals surface area (Å²) >= 11 is 0. The van der Waals surface area contributed by atoms with Crippen LogP contribution in [-0.2, 0) is 14.2 Å². The first-order valence-electron chi connectivity index (χ1n) is 4.85. The molecule has 72 valence electrons. The van der Waals surface area contributed by atoms with Crippen molar-refractivity contribution < 1.29 is 14.2 Å². The Morgan fingerprint density at radius 3 is 2.62 bits per heavy atom. The van der Waals surface area contributed by atoms with Crippen molar-refractivity contribution in [1.82, 2.24) is 0 Å². The highest BCUT2D eigenvalue weighted by Gasteiger charge is 2.57. The normalized spacial score (nSPS) is 58.2. The molecule has 6 atom stereocenters. The van der Waals surface area contributed by atoms with Gasteiger partial charge < -0.3 is 14.2 Å². The lowest BCUT2D eigenvalue weighted by atomic mass is 9.83. The van der Waals surface area contributed by atoms with Crippen LogP contribution in [0.5, 0.6) is 0 Å². The molecule has 0 aliphatic carbocycles. The molecule has 0 aromatic rings. The second-order valence-corrected chi connectivity index (χ2v) is 4.29. The molecule has 3 aliphatic heterocycles.